The van der Waals surface area contributed by atoms with Crippen molar-refractivity contribution in [3.8, 4) is 5.69 Å². The number of nitrogens with one attached hydrogen (secondary N) is 1. The summed E-state index contributed by atoms with van der Waals surface area (Å²) in [7, 11) is 0. The van der Waals surface area contributed by atoms with Gasteiger partial charge in [-0.1, -0.05) is 18.2 Å². The summed E-state index contributed by atoms with van der Waals surface area (Å²) >= 11 is 0. The molecule has 190 valence electrons. The number of rotatable bonds is 7. The molecular weight excluding hydrogens is 494 g/mol. The fraction of sp³-hybridized carbons (Fsp3) is 0.160. The third-order valence-electron chi connectivity index (χ3n) is 5.34. The van der Waals surface area contributed by atoms with Crippen LogP contribution in [0.2, 0.25) is 0 Å². The number of amides is 1. The molecule has 12 heteroatoms. The van der Waals surface area contributed by atoms with Gasteiger partial charge in [-0.3, -0.25) is 19.1 Å². The third-order valence-corrected chi connectivity index (χ3v) is 5.34. The predicted molar refractivity (Wildman–Crippen MR) is 125 cm³/mol. The summed E-state index contributed by atoms with van der Waals surface area (Å²) in [4.78, 5) is 43.2. The molecule has 0 spiro atoms. The zero-order valence-corrected chi connectivity index (χ0v) is 19.1. The number of halogens is 4. The molecule has 0 radical (unpaired) electrons. The summed E-state index contributed by atoms with van der Waals surface area (Å²) in [6.07, 6.45) is -2.67. The van der Waals surface area contributed by atoms with Gasteiger partial charge in [-0.2, -0.15) is 23.0 Å². The first kappa shape index (κ1) is 25.5. The number of carbonyl (C=O) groups excluding carboxylic acids is 1. The van der Waals surface area contributed by atoms with E-state index in [1.807, 2.05) is 0 Å². The molecule has 2 aromatic heterocycles. The fourth-order valence-corrected chi connectivity index (χ4v) is 3.51. The van der Waals surface area contributed by atoms with Crippen LogP contribution in [0.5, 0.6) is 0 Å². The van der Waals surface area contributed by atoms with Gasteiger partial charge < -0.3 is 5.32 Å². The van der Waals surface area contributed by atoms with Gasteiger partial charge in [0.05, 0.1) is 17.8 Å². The zero-order valence-electron chi connectivity index (χ0n) is 19.1. The Kier molecular flexibility index (Phi) is 7.27. The smallest absolute Gasteiger partial charge is 0.350 e. The molecule has 0 fully saturated rings. The van der Waals surface area contributed by atoms with Crippen LogP contribution in [0.4, 0.5) is 17.6 Å². The monoisotopic (exact) mass is 513 g/mol. The third kappa shape index (κ3) is 5.97. The summed E-state index contributed by atoms with van der Waals surface area (Å²) in [6.45, 7) is -0.299. The van der Waals surface area contributed by atoms with Crippen LogP contribution >= 0.6 is 0 Å². The highest BCUT2D eigenvalue weighted by Crippen LogP contribution is 2.29. The van der Waals surface area contributed by atoms with Crippen molar-refractivity contribution in [1.29, 1.82) is 0 Å². The first-order valence-corrected chi connectivity index (χ1v) is 11.0. The molecule has 2 aromatic carbocycles. The maximum absolute atomic E-state index is 13.7. The Bertz CT molecular complexity index is 1530. The summed E-state index contributed by atoms with van der Waals surface area (Å²) in [5, 5.41) is 6.40. The van der Waals surface area contributed by atoms with Crippen LogP contribution in [-0.4, -0.2) is 31.8 Å². The van der Waals surface area contributed by atoms with E-state index in [9.17, 15) is 31.9 Å². The van der Waals surface area contributed by atoms with Gasteiger partial charge in [0.25, 0.3) is 11.5 Å². The van der Waals surface area contributed by atoms with E-state index in [-0.39, 0.29) is 17.8 Å². The maximum atomic E-state index is 13.7. The number of nitrogens with zero attached hydrogens (tertiary/aromatic N) is 4. The van der Waals surface area contributed by atoms with Crippen LogP contribution in [0, 0.1) is 5.82 Å². The van der Waals surface area contributed by atoms with E-state index >= 15 is 0 Å². The minimum Gasteiger partial charge on any atom is -0.350 e. The maximum Gasteiger partial charge on any atom is 0.416 e. The summed E-state index contributed by atoms with van der Waals surface area (Å²) < 4.78 is 54.0. The van der Waals surface area contributed by atoms with Gasteiger partial charge in [-0.25, -0.2) is 9.18 Å². The largest absolute Gasteiger partial charge is 0.416 e. The SMILES string of the molecule is O=C(NCCc1ccccn1)c1nn(-c2ccc(C(F)(F)F)cc2)c(=O)n(Cc2cccc(F)c2)c1=O. The van der Waals surface area contributed by atoms with E-state index < -0.39 is 47.0 Å². The number of hydrogen-bond donors (Lipinski definition) is 1. The average molecular weight is 513 g/mol. The topological polar surface area (TPSA) is 98.9 Å². The molecule has 0 saturated heterocycles. The molecule has 8 nitrogen and oxygen atoms in total. The molecule has 1 N–H and O–H groups in total. The van der Waals surface area contributed by atoms with Gasteiger partial charge in [0.2, 0.25) is 5.69 Å². The van der Waals surface area contributed by atoms with Crippen LogP contribution in [0.25, 0.3) is 5.69 Å². The highest BCUT2D eigenvalue weighted by molar-refractivity contribution is 5.91. The Balaban J connectivity index is 1.73. The highest BCUT2D eigenvalue weighted by Gasteiger charge is 2.30. The molecular formula is C25H19F4N5O3. The molecule has 0 bridgehead atoms. The number of hydrogen-bond acceptors (Lipinski definition) is 5. The fourth-order valence-electron chi connectivity index (χ4n) is 3.51. The van der Waals surface area contributed by atoms with Crippen LogP contribution < -0.4 is 16.6 Å². The van der Waals surface area contributed by atoms with E-state index in [4.69, 9.17) is 0 Å². The number of carbonyl (C=O) groups is 1. The second-order valence-electron chi connectivity index (χ2n) is 7.94. The summed E-state index contributed by atoms with van der Waals surface area (Å²) in [5.41, 5.74) is -2.82. The van der Waals surface area contributed by atoms with Crippen molar-refractivity contribution in [2.45, 2.75) is 19.1 Å². The second-order valence-corrected chi connectivity index (χ2v) is 7.94. The molecule has 1 amide bonds. The normalized spacial score (nSPS) is 11.4. The quantitative estimate of drug-likeness (QED) is 0.383. The van der Waals surface area contributed by atoms with E-state index in [0.29, 0.717) is 21.4 Å². The lowest BCUT2D eigenvalue weighted by Gasteiger charge is -2.13. The molecule has 0 aliphatic carbocycles. The molecule has 4 aromatic rings. The zero-order chi connectivity index (χ0) is 26.6. The van der Waals surface area contributed by atoms with Crippen LogP contribution in [0.1, 0.15) is 27.3 Å². The van der Waals surface area contributed by atoms with Crippen molar-refractivity contribution in [2.24, 2.45) is 0 Å². The first-order chi connectivity index (χ1) is 17.6. The van der Waals surface area contributed by atoms with Crippen molar-refractivity contribution in [3.63, 3.8) is 0 Å². The van der Waals surface area contributed by atoms with Gasteiger partial charge >= 0.3 is 11.9 Å². The molecule has 0 saturated carbocycles. The van der Waals surface area contributed by atoms with Gasteiger partial charge in [-0.05, 0) is 54.1 Å². The highest BCUT2D eigenvalue weighted by atomic mass is 19.4. The molecule has 0 aliphatic heterocycles. The Labute approximate surface area is 206 Å². The lowest BCUT2D eigenvalue weighted by Crippen LogP contribution is -2.46. The van der Waals surface area contributed by atoms with Crippen molar-refractivity contribution < 1.29 is 22.4 Å². The average Bonchev–Trinajstić information content (AvgIpc) is 2.87. The summed E-state index contributed by atoms with van der Waals surface area (Å²) in [6, 6.07) is 13.9. The van der Waals surface area contributed by atoms with Crippen molar-refractivity contribution in [2.75, 3.05) is 6.54 Å². The number of alkyl halides is 3. The number of benzene rings is 2. The number of pyridine rings is 1. The molecule has 0 atom stereocenters. The van der Waals surface area contributed by atoms with Gasteiger partial charge in [0, 0.05) is 24.9 Å². The van der Waals surface area contributed by atoms with E-state index in [0.717, 1.165) is 30.3 Å². The van der Waals surface area contributed by atoms with Gasteiger partial charge in [0.15, 0.2) is 0 Å². The van der Waals surface area contributed by atoms with E-state index in [1.165, 1.54) is 18.2 Å². The number of aromatic nitrogens is 4. The Morgan fingerprint density at radius 3 is 2.38 bits per heavy atom. The first-order valence-electron chi connectivity index (χ1n) is 11.0. The van der Waals surface area contributed by atoms with Crippen molar-refractivity contribution in [1.82, 2.24) is 24.6 Å². The van der Waals surface area contributed by atoms with E-state index in [1.54, 1.807) is 24.4 Å². The van der Waals surface area contributed by atoms with Crippen molar-refractivity contribution in [3.05, 3.63) is 122 Å². The minimum atomic E-state index is -4.61. The second kappa shape index (κ2) is 10.6. The molecule has 37 heavy (non-hydrogen) atoms. The Hall–Kier alpha value is -4.61. The molecule has 0 unspecified atom stereocenters. The van der Waals surface area contributed by atoms with Crippen LogP contribution in [-0.2, 0) is 19.1 Å². The Morgan fingerprint density at radius 2 is 1.73 bits per heavy atom. The molecule has 2 heterocycles. The molecule has 0 aliphatic rings. The predicted octanol–water partition coefficient (Wildman–Crippen LogP) is 2.97. The Morgan fingerprint density at radius 1 is 0.973 bits per heavy atom. The minimum absolute atomic E-state index is 0.0975. The van der Waals surface area contributed by atoms with Gasteiger partial charge in [0.1, 0.15) is 5.82 Å². The summed E-state index contributed by atoms with van der Waals surface area (Å²) in [5.74, 6) is -1.50. The lowest BCUT2D eigenvalue weighted by molar-refractivity contribution is -0.137. The van der Waals surface area contributed by atoms with E-state index in [2.05, 4.69) is 15.4 Å². The van der Waals surface area contributed by atoms with Gasteiger partial charge in [-0.15, -0.1) is 0 Å². The molecule has 4 rings (SSSR count). The van der Waals surface area contributed by atoms with Crippen LogP contribution in [0.3, 0.4) is 0 Å². The van der Waals surface area contributed by atoms with Crippen molar-refractivity contribution >= 4 is 5.91 Å². The van der Waals surface area contributed by atoms with Crippen LogP contribution in [0.15, 0.2) is 82.5 Å². The lowest BCUT2D eigenvalue weighted by atomic mass is 10.2. The standard InChI is InChI=1S/C25H19F4N5O3/c26-18-5-3-4-16(14-18)15-33-23(36)21(22(35)31-13-11-19-6-1-2-12-30-19)32-34(24(33)37)20-9-7-17(8-10-20)25(27,28)29/h1-10,12,14H,11,13,15H2,(H,31,35).